The number of hydrogen-bond acceptors (Lipinski definition) is 4. The summed E-state index contributed by atoms with van der Waals surface area (Å²) in [5, 5.41) is 0.464. The van der Waals surface area contributed by atoms with Gasteiger partial charge in [-0.1, -0.05) is 32.4 Å². The Balaban J connectivity index is 3.01. The Morgan fingerprint density at radius 3 is 2.50 bits per heavy atom. The molecule has 0 aromatic carbocycles. The lowest BCUT2D eigenvalue weighted by atomic mass is 9.87. The molecule has 0 fully saturated rings. The molecule has 0 radical (unpaired) electrons. The van der Waals surface area contributed by atoms with Crippen LogP contribution in [-0.2, 0) is 11.3 Å². The summed E-state index contributed by atoms with van der Waals surface area (Å²) in [4.78, 5) is 14.6. The van der Waals surface area contributed by atoms with Crippen molar-refractivity contribution in [3.8, 4) is 5.88 Å². The fraction of sp³-hybridized carbons (Fsp3) is 0.692. The molecule has 7 heteroatoms. The molecule has 114 valence electrons. The van der Waals surface area contributed by atoms with E-state index in [1.165, 1.54) is 18.6 Å². The first kappa shape index (κ1) is 17.5. The second kappa shape index (κ2) is 6.96. The molecule has 1 atom stereocenters. The zero-order valence-corrected chi connectivity index (χ0v) is 14.7. The summed E-state index contributed by atoms with van der Waals surface area (Å²) in [5.41, 5.74) is -0.0526. The number of ether oxygens (including phenoxy) is 1. The van der Waals surface area contributed by atoms with Crippen LogP contribution in [0.3, 0.4) is 0 Å². The zero-order valence-electron chi connectivity index (χ0n) is 12.4. The lowest BCUT2D eigenvalue weighted by Crippen LogP contribution is -2.45. The van der Waals surface area contributed by atoms with Crippen LogP contribution in [0.15, 0.2) is 0 Å². The Bertz CT molecular complexity index is 471. The van der Waals surface area contributed by atoms with E-state index in [0.29, 0.717) is 17.4 Å². The second-order valence-electron chi connectivity index (χ2n) is 5.63. The van der Waals surface area contributed by atoms with Gasteiger partial charge in [-0.2, -0.15) is 4.37 Å². The van der Waals surface area contributed by atoms with E-state index in [2.05, 4.69) is 25.1 Å². The smallest absolute Gasteiger partial charge is 0.244 e. The van der Waals surface area contributed by atoms with Crippen molar-refractivity contribution in [2.75, 3.05) is 13.0 Å². The van der Waals surface area contributed by atoms with E-state index < -0.39 is 0 Å². The van der Waals surface area contributed by atoms with Crippen LogP contribution >= 0.6 is 34.7 Å². The van der Waals surface area contributed by atoms with Crippen LogP contribution in [0.4, 0.5) is 0 Å². The number of aromatic nitrogens is 1. The third-order valence-corrected chi connectivity index (χ3v) is 4.88. The molecule has 0 spiro atoms. The highest BCUT2D eigenvalue weighted by Gasteiger charge is 2.30. The molecule has 1 aromatic heterocycles. The number of carbonyl (C=O) groups excluding carboxylic acids is 1. The Kier molecular flexibility index (Phi) is 6.10. The van der Waals surface area contributed by atoms with Crippen molar-refractivity contribution in [3.05, 3.63) is 9.90 Å². The molecule has 0 saturated carbocycles. The number of hydrogen-bond donors (Lipinski definition) is 0. The molecule has 0 saturated heterocycles. The van der Waals surface area contributed by atoms with Gasteiger partial charge in [-0.3, -0.25) is 4.79 Å². The van der Waals surface area contributed by atoms with Gasteiger partial charge < -0.3 is 9.64 Å². The van der Waals surface area contributed by atoms with Crippen LogP contribution in [0.1, 0.15) is 32.6 Å². The van der Waals surface area contributed by atoms with Crippen molar-refractivity contribution in [1.29, 1.82) is 0 Å². The number of alkyl halides is 1. The quantitative estimate of drug-likeness (QED) is 0.766. The van der Waals surface area contributed by atoms with Gasteiger partial charge in [0.25, 0.3) is 0 Å². The molecule has 0 aliphatic carbocycles. The lowest BCUT2D eigenvalue weighted by Gasteiger charge is -2.37. The maximum absolute atomic E-state index is 12.1. The van der Waals surface area contributed by atoms with Crippen LogP contribution in [0.25, 0.3) is 0 Å². The molecule has 1 heterocycles. The topological polar surface area (TPSA) is 42.4 Å². The van der Waals surface area contributed by atoms with E-state index in [4.69, 9.17) is 27.9 Å². The van der Waals surface area contributed by atoms with E-state index >= 15 is 0 Å². The number of halogens is 2. The average molecular weight is 339 g/mol. The summed E-state index contributed by atoms with van der Waals surface area (Å²) >= 11 is 13.1. The van der Waals surface area contributed by atoms with Gasteiger partial charge in [0, 0.05) is 6.04 Å². The SMILES string of the molecule is COc1nsc(CN(C(=O)CCl)[C@@H](C)C(C)(C)C)c1Cl. The molecule has 1 rings (SSSR count). The van der Waals surface area contributed by atoms with E-state index in [9.17, 15) is 4.79 Å². The summed E-state index contributed by atoms with van der Waals surface area (Å²) in [7, 11) is 1.52. The van der Waals surface area contributed by atoms with Crippen molar-refractivity contribution in [2.24, 2.45) is 5.41 Å². The molecule has 20 heavy (non-hydrogen) atoms. The third-order valence-electron chi connectivity index (χ3n) is 3.33. The molecule has 0 aliphatic rings. The monoisotopic (exact) mass is 338 g/mol. The second-order valence-corrected chi connectivity index (χ2v) is 7.13. The Morgan fingerprint density at radius 2 is 2.10 bits per heavy atom. The molecule has 0 bridgehead atoms. The first-order chi connectivity index (χ1) is 9.22. The summed E-state index contributed by atoms with van der Waals surface area (Å²) < 4.78 is 9.17. The van der Waals surface area contributed by atoms with E-state index in [1.54, 1.807) is 4.90 Å². The normalized spacial score (nSPS) is 13.2. The maximum Gasteiger partial charge on any atom is 0.244 e. The van der Waals surface area contributed by atoms with E-state index in [1.807, 2.05) is 6.92 Å². The van der Waals surface area contributed by atoms with Crippen LogP contribution < -0.4 is 4.74 Å². The third kappa shape index (κ3) is 3.99. The first-order valence-corrected chi connectivity index (χ1v) is 7.94. The summed E-state index contributed by atoms with van der Waals surface area (Å²) in [5.74, 6) is 0.236. The summed E-state index contributed by atoms with van der Waals surface area (Å²) in [6.45, 7) is 8.66. The summed E-state index contributed by atoms with van der Waals surface area (Å²) in [6.07, 6.45) is 0. The van der Waals surface area contributed by atoms with Crippen LogP contribution in [0.2, 0.25) is 5.02 Å². The number of carbonyl (C=O) groups is 1. The lowest BCUT2D eigenvalue weighted by molar-refractivity contribution is -0.133. The zero-order chi connectivity index (χ0) is 15.5. The molecule has 0 unspecified atom stereocenters. The van der Waals surface area contributed by atoms with Crippen LogP contribution in [0, 0.1) is 5.41 Å². The van der Waals surface area contributed by atoms with Gasteiger partial charge in [0.05, 0.1) is 18.5 Å². The van der Waals surface area contributed by atoms with Gasteiger partial charge in [0.2, 0.25) is 11.8 Å². The van der Waals surface area contributed by atoms with E-state index in [0.717, 1.165) is 4.88 Å². The Labute approximate surface area is 134 Å². The van der Waals surface area contributed by atoms with Crippen molar-refractivity contribution in [3.63, 3.8) is 0 Å². The fourth-order valence-electron chi connectivity index (χ4n) is 1.66. The van der Waals surface area contributed by atoms with Gasteiger partial charge in [0.15, 0.2) is 0 Å². The molecule has 0 aliphatic heterocycles. The van der Waals surface area contributed by atoms with Gasteiger partial charge >= 0.3 is 0 Å². The minimum absolute atomic E-state index is 0.0258. The molecule has 1 aromatic rings. The minimum atomic E-state index is -0.113. The van der Waals surface area contributed by atoms with Crippen LogP contribution in [0.5, 0.6) is 5.88 Å². The van der Waals surface area contributed by atoms with Crippen molar-refractivity contribution in [2.45, 2.75) is 40.3 Å². The van der Waals surface area contributed by atoms with Crippen molar-refractivity contribution < 1.29 is 9.53 Å². The van der Waals surface area contributed by atoms with E-state index in [-0.39, 0.29) is 23.2 Å². The standard InChI is InChI=1S/C13H20Cl2N2O2S/c1-8(13(2,3)4)17(10(18)6-14)7-9-11(15)12(19-5)16-20-9/h8H,6-7H2,1-5H3/t8-/m0/s1. The predicted molar refractivity (Wildman–Crippen MR) is 83.9 cm³/mol. The molecular weight excluding hydrogens is 319 g/mol. The maximum atomic E-state index is 12.1. The molecule has 0 N–H and O–H groups in total. The highest BCUT2D eigenvalue weighted by molar-refractivity contribution is 7.06. The highest BCUT2D eigenvalue weighted by Crippen LogP contribution is 2.33. The average Bonchev–Trinajstić information content (AvgIpc) is 2.73. The number of amides is 1. The van der Waals surface area contributed by atoms with Crippen LogP contribution in [-0.4, -0.2) is 34.2 Å². The van der Waals surface area contributed by atoms with Crippen molar-refractivity contribution >= 4 is 40.6 Å². The Morgan fingerprint density at radius 1 is 1.50 bits per heavy atom. The Hall–Kier alpha value is -0.520. The van der Waals surface area contributed by atoms with Gasteiger partial charge in [0.1, 0.15) is 10.9 Å². The highest BCUT2D eigenvalue weighted by atomic mass is 35.5. The summed E-state index contributed by atoms with van der Waals surface area (Å²) in [6, 6.07) is 0.0258. The van der Waals surface area contributed by atoms with Gasteiger partial charge in [-0.25, -0.2) is 0 Å². The molecule has 4 nitrogen and oxygen atoms in total. The molecular formula is C13H20Cl2N2O2S. The largest absolute Gasteiger partial charge is 0.479 e. The van der Waals surface area contributed by atoms with Gasteiger partial charge in [-0.05, 0) is 23.9 Å². The fourth-order valence-corrected chi connectivity index (χ4v) is 2.87. The minimum Gasteiger partial charge on any atom is -0.479 e. The molecule has 1 amide bonds. The number of methoxy groups -OCH3 is 1. The first-order valence-electron chi connectivity index (χ1n) is 6.25. The number of rotatable bonds is 5. The number of nitrogens with zero attached hydrogens (tertiary/aromatic N) is 2. The van der Waals surface area contributed by atoms with Crippen molar-refractivity contribution in [1.82, 2.24) is 9.27 Å². The van der Waals surface area contributed by atoms with Gasteiger partial charge in [-0.15, -0.1) is 11.6 Å². The predicted octanol–water partition coefficient (Wildman–Crippen LogP) is 3.81.